The molecule has 8 heavy (non-hydrogen) atoms. The van der Waals surface area contributed by atoms with Crippen LogP contribution < -0.4 is 0 Å². The van der Waals surface area contributed by atoms with E-state index in [1.807, 2.05) is 13.8 Å². The molecule has 1 heteroatoms. The Morgan fingerprint density at radius 3 is 2.25 bits per heavy atom. The maximum absolute atomic E-state index is 9.06. The number of aliphatic hydroxyl groups excluding tert-OH is 1. The van der Waals surface area contributed by atoms with Gasteiger partial charge in [0.1, 0.15) is 0 Å². The third-order valence-electron chi connectivity index (χ3n) is 1.18. The summed E-state index contributed by atoms with van der Waals surface area (Å²) in [5.41, 5.74) is 0. The number of hydrogen-bond donors (Lipinski definition) is 1. The van der Waals surface area contributed by atoms with Crippen molar-refractivity contribution in [3.05, 3.63) is 12.7 Å². The first-order chi connectivity index (χ1) is 3.68. The first-order valence-corrected chi connectivity index (χ1v) is 2.97. The van der Waals surface area contributed by atoms with Crippen molar-refractivity contribution in [1.82, 2.24) is 0 Å². The highest BCUT2D eigenvalue weighted by Gasteiger charge is 2.04. The molecule has 0 fully saturated rings. The van der Waals surface area contributed by atoms with E-state index in [4.69, 9.17) is 5.11 Å². The molecule has 0 aromatic rings. The smallest absolute Gasteiger partial charge is 0.0597 e. The molecule has 1 N–H and O–H groups in total. The quantitative estimate of drug-likeness (QED) is 0.552. The van der Waals surface area contributed by atoms with E-state index < -0.39 is 0 Å². The van der Waals surface area contributed by atoms with Crippen LogP contribution in [0.2, 0.25) is 0 Å². The van der Waals surface area contributed by atoms with E-state index in [0.29, 0.717) is 12.3 Å². The summed E-state index contributed by atoms with van der Waals surface area (Å²) in [6.45, 7) is 7.51. The van der Waals surface area contributed by atoms with Gasteiger partial charge in [0.05, 0.1) is 6.10 Å². The lowest BCUT2D eigenvalue weighted by Gasteiger charge is -2.10. The first kappa shape index (κ1) is 7.70. The van der Waals surface area contributed by atoms with Gasteiger partial charge in [0.2, 0.25) is 0 Å². The minimum Gasteiger partial charge on any atom is -0.393 e. The van der Waals surface area contributed by atoms with E-state index in [1.54, 1.807) is 6.08 Å². The Balaban J connectivity index is 3.30. The van der Waals surface area contributed by atoms with Gasteiger partial charge in [-0.2, -0.15) is 0 Å². The molecule has 0 amide bonds. The Kier molecular flexibility index (Phi) is 3.53. The van der Waals surface area contributed by atoms with Crippen molar-refractivity contribution in [2.75, 3.05) is 0 Å². The van der Waals surface area contributed by atoms with Gasteiger partial charge < -0.3 is 5.11 Å². The normalized spacial score (nSPS) is 14.0. The van der Waals surface area contributed by atoms with Gasteiger partial charge in [0.15, 0.2) is 0 Å². The van der Waals surface area contributed by atoms with Gasteiger partial charge in [-0.15, -0.1) is 6.58 Å². The monoisotopic (exact) mass is 114 g/mol. The highest BCUT2D eigenvalue weighted by molar-refractivity contribution is 4.73. The summed E-state index contributed by atoms with van der Waals surface area (Å²) in [5, 5.41) is 9.06. The third-order valence-corrected chi connectivity index (χ3v) is 1.18. The zero-order valence-corrected chi connectivity index (χ0v) is 5.59. The van der Waals surface area contributed by atoms with Crippen LogP contribution in [-0.4, -0.2) is 11.2 Å². The molecule has 48 valence electrons. The largest absolute Gasteiger partial charge is 0.393 e. The topological polar surface area (TPSA) is 20.2 Å². The molecule has 0 heterocycles. The van der Waals surface area contributed by atoms with Crippen molar-refractivity contribution >= 4 is 0 Å². The summed E-state index contributed by atoms with van der Waals surface area (Å²) in [6, 6.07) is 0. The zero-order chi connectivity index (χ0) is 6.57. The van der Waals surface area contributed by atoms with E-state index in [9.17, 15) is 0 Å². The summed E-state index contributed by atoms with van der Waals surface area (Å²) >= 11 is 0. The second-order valence-electron chi connectivity index (χ2n) is 2.34. The Labute approximate surface area is 51.0 Å². The second kappa shape index (κ2) is 3.67. The van der Waals surface area contributed by atoms with E-state index in [-0.39, 0.29) is 6.10 Å². The van der Waals surface area contributed by atoms with E-state index in [2.05, 4.69) is 6.58 Å². The third kappa shape index (κ3) is 2.80. The molecule has 0 aliphatic heterocycles. The number of rotatable bonds is 3. The van der Waals surface area contributed by atoms with Crippen LogP contribution in [0.25, 0.3) is 0 Å². The fourth-order valence-electron chi connectivity index (χ4n) is 0.443. The zero-order valence-electron chi connectivity index (χ0n) is 5.59. The predicted molar refractivity (Wildman–Crippen MR) is 35.7 cm³/mol. The van der Waals surface area contributed by atoms with Crippen LogP contribution >= 0.6 is 0 Å². The van der Waals surface area contributed by atoms with Gasteiger partial charge in [-0.05, 0) is 12.3 Å². The van der Waals surface area contributed by atoms with Gasteiger partial charge >= 0.3 is 0 Å². The maximum atomic E-state index is 9.06. The molecule has 0 radical (unpaired) electrons. The van der Waals surface area contributed by atoms with Crippen molar-refractivity contribution in [3.63, 3.8) is 0 Å². The molecule has 1 nitrogen and oxygen atoms in total. The van der Waals surface area contributed by atoms with Gasteiger partial charge in [-0.25, -0.2) is 0 Å². The molecular weight excluding hydrogens is 100 g/mol. The van der Waals surface area contributed by atoms with Crippen LogP contribution in [-0.2, 0) is 0 Å². The Hall–Kier alpha value is -0.300. The van der Waals surface area contributed by atoms with Crippen LogP contribution in [0.5, 0.6) is 0 Å². The van der Waals surface area contributed by atoms with E-state index in [0.717, 1.165) is 0 Å². The lowest BCUT2D eigenvalue weighted by atomic mass is 10.1. The van der Waals surface area contributed by atoms with Crippen LogP contribution in [0.1, 0.15) is 20.3 Å². The van der Waals surface area contributed by atoms with Crippen molar-refractivity contribution in [1.29, 1.82) is 0 Å². The molecule has 0 bridgehead atoms. The average Bonchev–Trinajstić information content (AvgIpc) is 1.67. The van der Waals surface area contributed by atoms with Crippen LogP contribution in [0.4, 0.5) is 0 Å². The SMILES string of the molecule is C=CC[C@@H](O)C(C)C. The van der Waals surface area contributed by atoms with Gasteiger partial charge in [-0.1, -0.05) is 19.9 Å². The molecule has 0 rings (SSSR count). The van der Waals surface area contributed by atoms with E-state index in [1.165, 1.54) is 0 Å². The molecule has 0 aromatic heterocycles. The van der Waals surface area contributed by atoms with Crippen molar-refractivity contribution in [2.24, 2.45) is 5.92 Å². The van der Waals surface area contributed by atoms with Gasteiger partial charge in [0.25, 0.3) is 0 Å². The molecular formula is C7H14O. The minimum absolute atomic E-state index is 0.201. The molecule has 0 aromatic carbocycles. The fraction of sp³-hybridized carbons (Fsp3) is 0.714. The van der Waals surface area contributed by atoms with Gasteiger partial charge in [-0.3, -0.25) is 0 Å². The summed E-state index contributed by atoms with van der Waals surface area (Å²) in [7, 11) is 0. The van der Waals surface area contributed by atoms with Gasteiger partial charge in [0, 0.05) is 0 Å². The highest BCUT2D eigenvalue weighted by atomic mass is 16.3. The Bertz CT molecular complexity index is 66.8. The van der Waals surface area contributed by atoms with E-state index >= 15 is 0 Å². The average molecular weight is 114 g/mol. The van der Waals surface area contributed by atoms with Crippen molar-refractivity contribution < 1.29 is 5.11 Å². The number of hydrogen-bond acceptors (Lipinski definition) is 1. The maximum Gasteiger partial charge on any atom is 0.0597 e. The Morgan fingerprint density at radius 2 is 2.12 bits per heavy atom. The molecule has 0 aliphatic carbocycles. The summed E-state index contributed by atoms with van der Waals surface area (Å²) in [4.78, 5) is 0. The minimum atomic E-state index is -0.201. The lowest BCUT2D eigenvalue weighted by Crippen LogP contribution is -2.12. The molecule has 0 spiro atoms. The molecule has 1 atom stereocenters. The lowest BCUT2D eigenvalue weighted by molar-refractivity contribution is 0.128. The van der Waals surface area contributed by atoms with Crippen molar-refractivity contribution in [3.8, 4) is 0 Å². The second-order valence-corrected chi connectivity index (χ2v) is 2.34. The summed E-state index contributed by atoms with van der Waals surface area (Å²) in [5.74, 6) is 0.355. The first-order valence-electron chi connectivity index (χ1n) is 2.97. The highest BCUT2D eigenvalue weighted by Crippen LogP contribution is 2.04. The molecule has 0 saturated heterocycles. The van der Waals surface area contributed by atoms with Crippen molar-refractivity contribution in [2.45, 2.75) is 26.4 Å². The fourth-order valence-corrected chi connectivity index (χ4v) is 0.443. The molecule has 0 unspecified atom stereocenters. The Morgan fingerprint density at radius 1 is 1.62 bits per heavy atom. The number of aliphatic hydroxyl groups is 1. The summed E-state index contributed by atoms with van der Waals surface area (Å²) in [6.07, 6.45) is 2.25. The summed E-state index contributed by atoms with van der Waals surface area (Å²) < 4.78 is 0. The molecule has 0 saturated carbocycles. The van der Waals surface area contributed by atoms with Crippen LogP contribution in [0.15, 0.2) is 12.7 Å². The molecule has 0 aliphatic rings. The van der Waals surface area contributed by atoms with Crippen LogP contribution in [0, 0.1) is 5.92 Å². The standard InChI is InChI=1S/C7H14O/c1-4-5-7(8)6(2)3/h4,6-8H,1,5H2,2-3H3/t7-/m1/s1. The van der Waals surface area contributed by atoms with Crippen LogP contribution in [0.3, 0.4) is 0 Å². The predicted octanol–water partition coefficient (Wildman–Crippen LogP) is 1.58.